The van der Waals surface area contributed by atoms with E-state index in [1.165, 1.54) is 0 Å². The quantitative estimate of drug-likeness (QED) is 0.617. The monoisotopic (exact) mass is 507 g/mol. The van der Waals surface area contributed by atoms with Crippen LogP contribution < -0.4 is 4.74 Å². The number of aliphatic hydroxyl groups excluding tert-OH is 1. The van der Waals surface area contributed by atoms with Gasteiger partial charge in [-0.05, 0) is 62.2 Å². The number of carbonyl (C=O) groups excluding carboxylic acids is 2. The second kappa shape index (κ2) is 8.85. The number of carbonyl (C=O) groups is 2. The van der Waals surface area contributed by atoms with E-state index in [-0.39, 0.29) is 47.4 Å². The highest BCUT2D eigenvalue weighted by Gasteiger charge is 2.75. The van der Waals surface area contributed by atoms with E-state index in [2.05, 4.69) is 25.8 Å². The highest BCUT2D eigenvalue weighted by atomic mass is 16.7. The molecule has 0 amide bonds. The van der Waals surface area contributed by atoms with Crippen LogP contribution in [0.1, 0.15) is 59.3 Å². The third-order valence-electron chi connectivity index (χ3n) is 10.2. The Morgan fingerprint density at radius 1 is 1.30 bits per heavy atom. The van der Waals surface area contributed by atoms with Gasteiger partial charge >= 0.3 is 0 Å². The van der Waals surface area contributed by atoms with Crippen molar-refractivity contribution >= 4 is 11.6 Å². The zero-order valence-electron chi connectivity index (χ0n) is 21.9. The van der Waals surface area contributed by atoms with Crippen LogP contribution in [0.15, 0.2) is 48.2 Å². The van der Waals surface area contributed by atoms with E-state index in [1.54, 1.807) is 30.5 Å². The molecule has 4 fully saturated rings. The molecule has 7 nitrogen and oxygen atoms in total. The van der Waals surface area contributed by atoms with Gasteiger partial charge in [0.05, 0.1) is 12.2 Å². The van der Waals surface area contributed by atoms with Crippen LogP contribution in [0, 0.1) is 28.6 Å². The summed E-state index contributed by atoms with van der Waals surface area (Å²) in [5.41, 5.74) is -1.02. The molecule has 6 rings (SSSR count). The Morgan fingerprint density at radius 2 is 2.14 bits per heavy atom. The average Bonchev–Trinajstić information content (AvgIpc) is 3.35. The number of pyridine rings is 1. The van der Waals surface area contributed by atoms with Crippen LogP contribution in [-0.4, -0.2) is 52.4 Å². The Balaban J connectivity index is 1.35. The summed E-state index contributed by atoms with van der Waals surface area (Å²) in [7, 11) is 0. The number of hydrogen-bond donors (Lipinski definition) is 1. The molecular formula is C30H37NO6. The van der Waals surface area contributed by atoms with Crippen LogP contribution in [0.2, 0.25) is 0 Å². The first-order valence-corrected chi connectivity index (χ1v) is 13.8. The predicted molar refractivity (Wildman–Crippen MR) is 136 cm³/mol. The van der Waals surface area contributed by atoms with Crippen molar-refractivity contribution in [1.29, 1.82) is 0 Å². The molecule has 4 aliphatic carbocycles. The molecule has 2 heterocycles. The maximum Gasteiger partial charge on any atom is 0.213 e. The molecule has 1 aromatic rings. The van der Waals surface area contributed by atoms with E-state index < -0.39 is 23.4 Å². The molecule has 1 saturated heterocycles. The SMILES string of the molecule is CCC[C@@H]1O[C@H]2CC3C4CCC5=CC(=O)C=CC5(C)C4[C@@H](O)CC3(C)[C@]2(C(=O)COc2ccccn2)O1. The first kappa shape index (κ1) is 25.0. The Kier molecular flexibility index (Phi) is 5.97. The second-order valence-corrected chi connectivity index (χ2v) is 12.0. The van der Waals surface area contributed by atoms with Gasteiger partial charge in [-0.25, -0.2) is 4.98 Å². The van der Waals surface area contributed by atoms with Gasteiger partial charge < -0.3 is 19.3 Å². The molecule has 1 N–H and O–H groups in total. The summed E-state index contributed by atoms with van der Waals surface area (Å²) >= 11 is 0. The van der Waals surface area contributed by atoms with E-state index in [0.717, 1.165) is 31.3 Å². The fourth-order valence-electron chi connectivity index (χ4n) is 8.68. The number of nitrogens with zero attached hydrogens (tertiary/aromatic N) is 1. The van der Waals surface area contributed by atoms with Gasteiger partial charge in [0.2, 0.25) is 11.7 Å². The summed E-state index contributed by atoms with van der Waals surface area (Å²) in [6, 6.07) is 5.36. The normalized spacial score (nSPS) is 43.9. The average molecular weight is 508 g/mol. The fraction of sp³-hybridized carbons (Fsp3) is 0.633. The minimum Gasteiger partial charge on any atom is -0.470 e. The maximum atomic E-state index is 14.1. The summed E-state index contributed by atoms with van der Waals surface area (Å²) in [6.07, 6.45) is 10.1. The van der Waals surface area contributed by atoms with Crippen LogP contribution in [0.3, 0.4) is 0 Å². The number of fused-ring (bicyclic) bond motifs is 7. The van der Waals surface area contributed by atoms with Crippen LogP contribution in [0.5, 0.6) is 5.88 Å². The molecule has 0 radical (unpaired) electrons. The largest absolute Gasteiger partial charge is 0.470 e. The van der Waals surface area contributed by atoms with Gasteiger partial charge in [0.25, 0.3) is 0 Å². The first-order valence-electron chi connectivity index (χ1n) is 13.8. The Bertz CT molecular complexity index is 1150. The lowest BCUT2D eigenvalue weighted by Gasteiger charge is -2.59. The zero-order chi connectivity index (χ0) is 26.0. The lowest BCUT2D eigenvalue weighted by molar-refractivity contribution is -0.200. The molecule has 7 heteroatoms. The summed E-state index contributed by atoms with van der Waals surface area (Å²) in [5, 5.41) is 11.8. The highest BCUT2D eigenvalue weighted by molar-refractivity contribution is 6.01. The van der Waals surface area contributed by atoms with Crippen molar-refractivity contribution < 1.29 is 28.9 Å². The van der Waals surface area contributed by atoms with Crippen molar-refractivity contribution in [3.05, 3.63) is 48.2 Å². The molecular weight excluding hydrogens is 470 g/mol. The standard InChI is InChI=1S/C30H37NO6/c1-4-7-26-36-24-15-21-20-10-9-18-14-19(32)11-12-28(18,2)27(20)22(33)16-29(21,3)30(24,37-26)23(34)17-35-25-8-5-6-13-31-25/h5-6,8,11-14,20-22,24,26-27,33H,4,7,9-10,15-17H2,1-3H3/t20?,21?,22-,24-,26+,27?,28?,29?,30+/m0/s1. The molecule has 1 aromatic heterocycles. The summed E-state index contributed by atoms with van der Waals surface area (Å²) in [5.74, 6) is 0.613. The lowest BCUT2D eigenvalue weighted by atomic mass is 9.46. The van der Waals surface area contributed by atoms with Gasteiger partial charge in [-0.2, -0.15) is 0 Å². The van der Waals surface area contributed by atoms with Gasteiger partial charge in [-0.3, -0.25) is 9.59 Å². The minimum absolute atomic E-state index is 0.0166. The molecule has 1 aliphatic heterocycles. The zero-order valence-corrected chi connectivity index (χ0v) is 21.9. The van der Waals surface area contributed by atoms with Crippen LogP contribution in [0.25, 0.3) is 0 Å². The van der Waals surface area contributed by atoms with Gasteiger partial charge in [0.15, 0.2) is 24.3 Å². The Morgan fingerprint density at radius 3 is 2.89 bits per heavy atom. The van der Waals surface area contributed by atoms with Crippen molar-refractivity contribution in [1.82, 2.24) is 4.98 Å². The Hall–Kier alpha value is -2.35. The van der Waals surface area contributed by atoms with Gasteiger partial charge in [0.1, 0.15) is 0 Å². The number of hydrogen-bond acceptors (Lipinski definition) is 7. The van der Waals surface area contributed by atoms with Crippen LogP contribution in [-0.2, 0) is 19.1 Å². The smallest absolute Gasteiger partial charge is 0.213 e. The second-order valence-electron chi connectivity index (χ2n) is 12.0. The molecule has 0 spiro atoms. The molecule has 3 saturated carbocycles. The molecule has 0 bridgehead atoms. The van der Waals surface area contributed by atoms with Crippen LogP contribution >= 0.6 is 0 Å². The number of aliphatic hydroxyl groups is 1. The number of allylic oxidation sites excluding steroid dienone is 4. The number of Topliss-reactive ketones (excluding diaryl/α,β-unsaturated/α-hetero) is 1. The number of ketones is 2. The van der Waals surface area contributed by atoms with E-state index in [1.807, 2.05) is 12.1 Å². The molecule has 37 heavy (non-hydrogen) atoms. The van der Waals surface area contributed by atoms with Gasteiger partial charge in [-0.1, -0.05) is 44.9 Å². The summed E-state index contributed by atoms with van der Waals surface area (Å²) in [4.78, 5) is 30.4. The summed E-state index contributed by atoms with van der Waals surface area (Å²) < 4.78 is 18.9. The molecule has 0 aromatic carbocycles. The van der Waals surface area contributed by atoms with E-state index >= 15 is 0 Å². The molecule has 9 atom stereocenters. The fourth-order valence-corrected chi connectivity index (χ4v) is 8.68. The van der Waals surface area contributed by atoms with Gasteiger partial charge in [0, 0.05) is 29.0 Å². The van der Waals surface area contributed by atoms with Crippen molar-refractivity contribution in [2.24, 2.45) is 28.6 Å². The molecule has 198 valence electrons. The van der Waals surface area contributed by atoms with E-state index in [4.69, 9.17) is 14.2 Å². The summed E-state index contributed by atoms with van der Waals surface area (Å²) in [6.45, 7) is 6.21. The maximum absolute atomic E-state index is 14.1. The van der Waals surface area contributed by atoms with Crippen molar-refractivity contribution in [2.75, 3.05) is 6.61 Å². The first-order chi connectivity index (χ1) is 17.7. The third-order valence-corrected chi connectivity index (χ3v) is 10.2. The Labute approximate surface area is 218 Å². The van der Waals surface area contributed by atoms with Crippen LogP contribution in [0.4, 0.5) is 0 Å². The minimum atomic E-state index is -1.17. The topological polar surface area (TPSA) is 95.0 Å². The van der Waals surface area contributed by atoms with Crippen molar-refractivity contribution in [2.45, 2.75) is 83.4 Å². The highest BCUT2D eigenvalue weighted by Crippen LogP contribution is 2.69. The van der Waals surface area contributed by atoms with Gasteiger partial charge in [-0.15, -0.1) is 0 Å². The number of ether oxygens (including phenoxy) is 3. The molecule has 5 unspecified atom stereocenters. The van der Waals surface area contributed by atoms with E-state index in [9.17, 15) is 14.7 Å². The number of aromatic nitrogens is 1. The van der Waals surface area contributed by atoms with Crippen molar-refractivity contribution in [3.8, 4) is 5.88 Å². The van der Waals surface area contributed by atoms with E-state index in [0.29, 0.717) is 18.7 Å². The molecule has 5 aliphatic rings. The predicted octanol–water partition coefficient (Wildman–Crippen LogP) is 4.20. The number of rotatable bonds is 6. The third kappa shape index (κ3) is 3.53. The lowest BCUT2D eigenvalue weighted by Crippen LogP contribution is -2.63. The van der Waals surface area contributed by atoms with Crippen molar-refractivity contribution in [3.63, 3.8) is 0 Å².